The molecule has 0 radical (unpaired) electrons. The Morgan fingerprint density at radius 3 is 2.76 bits per heavy atom. The molecule has 0 atom stereocenters. The number of hydrogen-bond acceptors (Lipinski definition) is 5. The fraction of sp³-hybridized carbons (Fsp3) is 0.312. The van der Waals surface area contributed by atoms with Crippen molar-refractivity contribution in [2.75, 3.05) is 7.11 Å². The van der Waals surface area contributed by atoms with Gasteiger partial charge in [0.15, 0.2) is 0 Å². The lowest BCUT2D eigenvalue weighted by atomic mass is 10.1. The van der Waals surface area contributed by atoms with Crippen molar-refractivity contribution in [2.45, 2.75) is 20.3 Å². The molecule has 0 aliphatic rings. The summed E-state index contributed by atoms with van der Waals surface area (Å²) in [4.78, 5) is 8.93. The van der Waals surface area contributed by atoms with Crippen LogP contribution in [0.25, 0.3) is 22.3 Å². The van der Waals surface area contributed by atoms with Crippen LogP contribution in [0.5, 0.6) is 5.88 Å². The number of fused-ring (bicyclic) bond motifs is 1. The maximum absolute atomic E-state index is 5.37. The zero-order valence-electron chi connectivity index (χ0n) is 12.3. The Morgan fingerprint density at radius 1 is 1.19 bits per heavy atom. The second-order valence-corrected chi connectivity index (χ2v) is 5.35. The number of pyridine rings is 1. The molecule has 0 amide bonds. The number of methoxy groups -OCH3 is 1. The van der Waals surface area contributed by atoms with E-state index in [1.165, 1.54) is 0 Å². The van der Waals surface area contributed by atoms with Gasteiger partial charge in [0.2, 0.25) is 17.6 Å². The van der Waals surface area contributed by atoms with E-state index in [2.05, 4.69) is 29.0 Å². The van der Waals surface area contributed by atoms with E-state index in [9.17, 15) is 0 Å². The molecule has 0 spiro atoms. The average Bonchev–Trinajstić information content (AvgIpc) is 2.93. The smallest absolute Gasteiger partial charge is 0.227 e. The molecular weight excluding hydrogens is 266 g/mol. The molecule has 0 aliphatic heterocycles. The summed E-state index contributed by atoms with van der Waals surface area (Å²) in [6, 6.07) is 9.85. The molecule has 0 unspecified atom stereocenters. The maximum Gasteiger partial charge on any atom is 0.227 e. The van der Waals surface area contributed by atoms with E-state index >= 15 is 0 Å². The topological polar surface area (TPSA) is 61.0 Å². The minimum absolute atomic E-state index is 0.468. The van der Waals surface area contributed by atoms with E-state index in [0.717, 1.165) is 22.9 Å². The Bertz CT molecular complexity index is 765. The highest BCUT2D eigenvalue weighted by Gasteiger charge is 2.16. The van der Waals surface area contributed by atoms with E-state index in [4.69, 9.17) is 9.26 Å². The predicted molar refractivity (Wildman–Crippen MR) is 80.1 cm³/mol. The van der Waals surface area contributed by atoms with E-state index in [1.807, 2.05) is 30.3 Å². The van der Waals surface area contributed by atoms with Crippen molar-refractivity contribution >= 4 is 10.9 Å². The van der Waals surface area contributed by atoms with Crippen molar-refractivity contribution in [3.8, 4) is 17.3 Å². The molecule has 0 fully saturated rings. The minimum Gasteiger partial charge on any atom is -0.480 e. The lowest BCUT2D eigenvalue weighted by Gasteiger charge is -2.06. The Hall–Kier alpha value is -2.43. The van der Waals surface area contributed by atoms with Crippen LogP contribution in [0.2, 0.25) is 0 Å². The van der Waals surface area contributed by atoms with Crippen LogP contribution in [0.4, 0.5) is 0 Å². The van der Waals surface area contributed by atoms with Gasteiger partial charge in [0.1, 0.15) is 0 Å². The summed E-state index contributed by atoms with van der Waals surface area (Å²) in [7, 11) is 1.59. The fourth-order valence-electron chi connectivity index (χ4n) is 2.21. The highest BCUT2D eigenvalue weighted by molar-refractivity contribution is 5.84. The van der Waals surface area contributed by atoms with Crippen LogP contribution in [-0.2, 0) is 6.42 Å². The Balaban J connectivity index is 2.08. The predicted octanol–water partition coefficient (Wildman–Crippen LogP) is 3.49. The van der Waals surface area contributed by atoms with Crippen LogP contribution in [0.3, 0.4) is 0 Å². The van der Waals surface area contributed by atoms with Crippen LogP contribution in [0.1, 0.15) is 19.7 Å². The van der Waals surface area contributed by atoms with Gasteiger partial charge in [-0.3, -0.25) is 0 Å². The average molecular weight is 283 g/mol. The van der Waals surface area contributed by atoms with Gasteiger partial charge in [-0.2, -0.15) is 4.98 Å². The first-order valence-electron chi connectivity index (χ1n) is 6.94. The molecule has 0 aliphatic carbocycles. The normalized spacial score (nSPS) is 11.2. The number of benzene rings is 1. The number of rotatable bonds is 4. The van der Waals surface area contributed by atoms with Crippen molar-refractivity contribution in [3.63, 3.8) is 0 Å². The number of nitrogens with zero attached hydrogens (tertiary/aromatic N) is 3. The number of ether oxygens (including phenoxy) is 1. The molecule has 1 aromatic carbocycles. The Kier molecular flexibility index (Phi) is 3.56. The lowest BCUT2D eigenvalue weighted by molar-refractivity contribution is 0.362. The number of para-hydroxylation sites is 1. The van der Waals surface area contributed by atoms with Gasteiger partial charge in [0, 0.05) is 11.8 Å². The first kappa shape index (κ1) is 13.5. The molecule has 5 heteroatoms. The molecule has 0 bridgehead atoms. The largest absolute Gasteiger partial charge is 0.480 e. The molecule has 2 aromatic heterocycles. The van der Waals surface area contributed by atoms with Gasteiger partial charge >= 0.3 is 0 Å². The summed E-state index contributed by atoms with van der Waals surface area (Å²) in [5.41, 5.74) is 1.62. The first-order chi connectivity index (χ1) is 10.2. The van der Waals surface area contributed by atoms with Crippen LogP contribution >= 0.6 is 0 Å². The molecule has 2 heterocycles. The molecule has 3 aromatic rings. The molecule has 5 nitrogen and oxygen atoms in total. The van der Waals surface area contributed by atoms with Crippen LogP contribution < -0.4 is 4.74 Å². The summed E-state index contributed by atoms with van der Waals surface area (Å²) < 4.78 is 10.7. The van der Waals surface area contributed by atoms with Gasteiger partial charge in [-0.25, -0.2) is 4.98 Å². The summed E-state index contributed by atoms with van der Waals surface area (Å²) in [5.74, 6) is 2.12. The maximum atomic E-state index is 5.37. The fourth-order valence-corrected chi connectivity index (χ4v) is 2.21. The molecule has 3 rings (SSSR count). The van der Waals surface area contributed by atoms with Gasteiger partial charge < -0.3 is 9.26 Å². The zero-order chi connectivity index (χ0) is 14.8. The second-order valence-electron chi connectivity index (χ2n) is 5.35. The van der Waals surface area contributed by atoms with E-state index < -0.39 is 0 Å². The molecule has 21 heavy (non-hydrogen) atoms. The van der Waals surface area contributed by atoms with Crippen molar-refractivity contribution in [1.29, 1.82) is 0 Å². The van der Waals surface area contributed by atoms with Gasteiger partial charge in [-0.1, -0.05) is 37.2 Å². The minimum atomic E-state index is 0.468. The van der Waals surface area contributed by atoms with Gasteiger partial charge in [0.05, 0.1) is 18.2 Å². The highest BCUT2D eigenvalue weighted by atomic mass is 16.5. The van der Waals surface area contributed by atoms with Crippen LogP contribution in [0.15, 0.2) is 34.9 Å². The number of aromatic nitrogens is 3. The Labute approximate surface area is 123 Å². The van der Waals surface area contributed by atoms with Crippen LogP contribution in [-0.4, -0.2) is 22.2 Å². The van der Waals surface area contributed by atoms with E-state index in [1.54, 1.807) is 7.11 Å². The SMILES string of the molecule is COc1nc2ccccc2cc1-c1noc(CC(C)C)n1. The van der Waals surface area contributed by atoms with Crippen molar-refractivity contribution in [1.82, 2.24) is 15.1 Å². The Morgan fingerprint density at radius 2 is 2.00 bits per heavy atom. The van der Waals surface area contributed by atoms with Gasteiger partial charge in [0.25, 0.3) is 0 Å². The summed E-state index contributed by atoms with van der Waals surface area (Å²) in [6.07, 6.45) is 0.760. The van der Waals surface area contributed by atoms with Gasteiger partial charge in [-0.15, -0.1) is 0 Å². The summed E-state index contributed by atoms with van der Waals surface area (Å²) in [5, 5.41) is 5.07. The number of hydrogen-bond donors (Lipinski definition) is 0. The van der Waals surface area contributed by atoms with Crippen molar-refractivity contribution in [2.24, 2.45) is 5.92 Å². The standard InChI is InChI=1S/C16H17N3O2/c1-10(2)8-14-18-15(19-21-14)12-9-11-6-4-5-7-13(11)17-16(12)20-3/h4-7,9-10H,8H2,1-3H3. The van der Waals surface area contributed by atoms with Gasteiger partial charge in [-0.05, 0) is 18.1 Å². The monoisotopic (exact) mass is 283 g/mol. The summed E-state index contributed by atoms with van der Waals surface area (Å²) in [6.45, 7) is 4.23. The molecule has 108 valence electrons. The highest BCUT2D eigenvalue weighted by Crippen LogP contribution is 2.29. The molecule has 0 saturated carbocycles. The van der Waals surface area contributed by atoms with Crippen molar-refractivity contribution < 1.29 is 9.26 Å². The molecule has 0 N–H and O–H groups in total. The van der Waals surface area contributed by atoms with E-state index in [-0.39, 0.29) is 0 Å². The zero-order valence-corrected chi connectivity index (χ0v) is 12.3. The molecule has 0 saturated heterocycles. The third kappa shape index (κ3) is 2.72. The first-order valence-corrected chi connectivity index (χ1v) is 6.94. The lowest BCUT2D eigenvalue weighted by Crippen LogP contribution is -1.95. The summed E-state index contributed by atoms with van der Waals surface area (Å²) >= 11 is 0. The third-order valence-corrected chi connectivity index (χ3v) is 3.17. The van der Waals surface area contributed by atoms with E-state index in [0.29, 0.717) is 23.5 Å². The van der Waals surface area contributed by atoms with Crippen LogP contribution in [0, 0.1) is 5.92 Å². The second kappa shape index (κ2) is 5.52. The third-order valence-electron chi connectivity index (χ3n) is 3.17. The molecular formula is C16H17N3O2. The van der Waals surface area contributed by atoms with Crippen molar-refractivity contribution in [3.05, 3.63) is 36.2 Å². The quantitative estimate of drug-likeness (QED) is 0.733.